The first-order valence-corrected chi connectivity index (χ1v) is 7.34. The molecule has 3 nitrogen and oxygen atoms in total. The molecule has 4 heteroatoms. The molecule has 106 valence electrons. The number of ether oxygens (including phenoxy) is 1. The molecular formula is C15H23ClN2O. The molecular weight excluding hydrogens is 260 g/mol. The summed E-state index contributed by atoms with van der Waals surface area (Å²) in [7, 11) is 0. The number of rotatable bonds is 6. The largest absolute Gasteiger partial charge is 0.478 e. The van der Waals surface area contributed by atoms with Crippen molar-refractivity contribution in [3.63, 3.8) is 0 Å². The zero-order chi connectivity index (χ0) is 13.9. The van der Waals surface area contributed by atoms with Crippen LogP contribution >= 0.6 is 11.6 Å². The van der Waals surface area contributed by atoms with Crippen LogP contribution in [-0.4, -0.2) is 17.1 Å². The minimum atomic E-state index is 0.0690. The van der Waals surface area contributed by atoms with Crippen LogP contribution in [0.2, 0.25) is 5.02 Å². The van der Waals surface area contributed by atoms with Crippen LogP contribution in [0, 0.1) is 5.92 Å². The molecule has 1 aliphatic carbocycles. The highest BCUT2D eigenvalue weighted by Gasteiger charge is 2.20. The fourth-order valence-electron chi connectivity index (χ4n) is 1.77. The van der Waals surface area contributed by atoms with E-state index in [-0.39, 0.29) is 5.54 Å². The van der Waals surface area contributed by atoms with Crippen LogP contribution in [0.4, 0.5) is 0 Å². The third-order valence-electron chi connectivity index (χ3n) is 3.19. The summed E-state index contributed by atoms with van der Waals surface area (Å²) in [6.07, 6.45) is 5.53. The lowest BCUT2D eigenvalue weighted by atomic mass is 10.1. The van der Waals surface area contributed by atoms with Crippen LogP contribution in [-0.2, 0) is 6.54 Å². The average molecular weight is 283 g/mol. The van der Waals surface area contributed by atoms with Crippen molar-refractivity contribution < 1.29 is 4.74 Å². The maximum atomic E-state index is 6.16. The van der Waals surface area contributed by atoms with Gasteiger partial charge in [0.2, 0.25) is 5.88 Å². The van der Waals surface area contributed by atoms with E-state index in [1.807, 2.05) is 6.07 Å². The first-order chi connectivity index (χ1) is 8.94. The third-order valence-corrected chi connectivity index (χ3v) is 3.53. The molecule has 2 rings (SSSR count). The summed E-state index contributed by atoms with van der Waals surface area (Å²) in [6.45, 7) is 7.88. The first-order valence-electron chi connectivity index (χ1n) is 6.96. The Morgan fingerprint density at radius 3 is 2.79 bits per heavy atom. The quantitative estimate of drug-likeness (QED) is 0.862. The second-order valence-electron chi connectivity index (χ2n) is 6.30. The molecule has 1 heterocycles. The van der Waals surface area contributed by atoms with Crippen molar-refractivity contribution in [2.24, 2.45) is 5.92 Å². The lowest BCUT2D eigenvalue weighted by molar-refractivity contribution is 0.291. The van der Waals surface area contributed by atoms with Crippen molar-refractivity contribution in [1.29, 1.82) is 0 Å². The molecule has 0 unspecified atom stereocenters. The highest BCUT2D eigenvalue weighted by atomic mass is 35.5. The zero-order valence-corrected chi connectivity index (χ0v) is 12.8. The Morgan fingerprint density at radius 1 is 1.42 bits per heavy atom. The molecule has 1 saturated carbocycles. The minimum Gasteiger partial charge on any atom is -0.478 e. The number of aromatic nitrogens is 1. The molecule has 1 aliphatic rings. The third kappa shape index (κ3) is 5.37. The standard InChI is InChI=1S/C15H23ClN2O/c1-15(2,3)18-9-12-8-14(17-10-13(12)16)19-7-6-11-4-5-11/h8,10-11,18H,4-7,9H2,1-3H3. The van der Waals surface area contributed by atoms with Crippen LogP contribution in [0.1, 0.15) is 45.6 Å². The molecule has 0 spiro atoms. The maximum Gasteiger partial charge on any atom is 0.213 e. The molecule has 1 fully saturated rings. The van der Waals surface area contributed by atoms with Crippen molar-refractivity contribution in [3.05, 3.63) is 22.8 Å². The number of hydrogen-bond donors (Lipinski definition) is 1. The second kappa shape index (κ2) is 6.10. The summed E-state index contributed by atoms with van der Waals surface area (Å²) in [5, 5.41) is 4.11. The van der Waals surface area contributed by atoms with Gasteiger partial charge in [0, 0.05) is 24.3 Å². The van der Waals surface area contributed by atoms with Crippen LogP contribution in [0.15, 0.2) is 12.3 Å². The summed E-state index contributed by atoms with van der Waals surface area (Å²) in [6, 6.07) is 1.94. The van der Waals surface area contributed by atoms with E-state index in [1.54, 1.807) is 6.20 Å². The minimum absolute atomic E-state index is 0.0690. The van der Waals surface area contributed by atoms with Gasteiger partial charge in [-0.3, -0.25) is 0 Å². The Morgan fingerprint density at radius 2 is 2.16 bits per heavy atom. The van der Waals surface area contributed by atoms with Crippen molar-refractivity contribution >= 4 is 11.6 Å². The van der Waals surface area contributed by atoms with Crippen LogP contribution in [0.3, 0.4) is 0 Å². The summed E-state index contributed by atoms with van der Waals surface area (Å²) in [5.41, 5.74) is 1.10. The van der Waals surface area contributed by atoms with E-state index in [9.17, 15) is 0 Å². The van der Waals surface area contributed by atoms with E-state index >= 15 is 0 Å². The molecule has 0 bridgehead atoms. The van der Waals surface area contributed by atoms with Gasteiger partial charge in [0.05, 0.1) is 11.6 Å². The van der Waals surface area contributed by atoms with Gasteiger partial charge in [-0.1, -0.05) is 24.4 Å². The Labute approximate surface area is 120 Å². The molecule has 1 aromatic rings. The van der Waals surface area contributed by atoms with Crippen LogP contribution in [0.25, 0.3) is 0 Å². The predicted octanol–water partition coefficient (Wildman–Crippen LogP) is 3.80. The normalized spacial score (nSPS) is 15.6. The smallest absolute Gasteiger partial charge is 0.213 e. The lowest BCUT2D eigenvalue weighted by Gasteiger charge is -2.21. The van der Waals surface area contributed by atoms with Gasteiger partial charge in [-0.15, -0.1) is 0 Å². The van der Waals surface area contributed by atoms with E-state index in [4.69, 9.17) is 16.3 Å². The number of nitrogens with zero attached hydrogens (tertiary/aromatic N) is 1. The van der Waals surface area contributed by atoms with Crippen molar-refractivity contribution in [3.8, 4) is 5.88 Å². The van der Waals surface area contributed by atoms with Gasteiger partial charge in [-0.2, -0.15) is 0 Å². The van der Waals surface area contributed by atoms with Crippen molar-refractivity contribution in [2.45, 2.75) is 52.1 Å². The Hall–Kier alpha value is -0.800. The van der Waals surface area contributed by atoms with E-state index in [2.05, 4.69) is 31.1 Å². The van der Waals surface area contributed by atoms with Crippen molar-refractivity contribution in [2.75, 3.05) is 6.61 Å². The summed E-state index contributed by atoms with van der Waals surface area (Å²) in [4.78, 5) is 4.22. The average Bonchev–Trinajstić information content (AvgIpc) is 3.12. The Bertz CT molecular complexity index is 425. The van der Waals surface area contributed by atoms with Crippen LogP contribution in [0.5, 0.6) is 5.88 Å². The molecule has 19 heavy (non-hydrogen) atoms. The van der Waals surface area contributed by atoms with Gasteiger partial charge in [0.1, 0.15) is 0 Å². The van der Waals surface area contributed by atoms with E-state index in [0.717, 1.165) is 31.1 Å². The topological polar surface area (TPSA) is 34.1 Å². The lowest BCUT2D eigenvalue weighted by Crippen LogP contribution is -2.35. The van der Waals surface area contributed by atoms with Crippen molar-refractivity contribution in [1.82, 2.24) is 10.3 Å². The molecule has 1 N–H and O–H groups in total. The fourth-order valence-corrected chi connectivity index (χ4v) is 1.94. The summed E-state index contributed by atoms with van der Waals surface area (Å²) in [5.74, 6) is 1.56. The molecule has 0 amide bonds. The molecule has 0 radical (unpaired) electrons. The monoisotopic (exact) mass is 282 g/mol. The number of nitrogens with one attached hydrogen (secondary N) is 1. The summed E-state index contributed by atoms with van der Waals surface area (Å²) < 4.78 is 5.69. The predicted molar refractivity (Wildman–Crippen MR) is 78.7 cm³/mol. The SMILES string of the molecule is CC(C)(C)NCc1cc(OCCC2CC2)ncc1Cl. The summed E-state index contributed by atoms with van der Waals surface area (Å²) >= 11 is 6.16. The van der Waals surface area contributed by atoms with E-state index in [1.165, 1.54) is 12.8 Å². The van der Waals surface area contributed by atoms with Gasteiger partial charge >= 0.3 is 0 Å². The second-order valence-corrected chi connectivity index (χ2v) is 6.71. The number of pyridine rings is 1. The maximum absolute atomic E-state index is 6.16. The van der Waals surface area contributed by atoms with Gasteiger partial charge < -0.3 is 10.1 Å². The number of halogens is 1. The highest BCUT2D eigenvalue weighted by molar-refractivity contribution is 6.31. The fraction of sp³-hybridized carbons (Fsp3) is 0.667. The van der Waals surface area contributed by atoms with Gasteiger partial charge in [0.25, 0.3) is 0 Å². The van der Waals surface area contributed by atoms with E-state index in [0.29, 0.717) is 10.9 Å². The van der Waals surface area contributed by atoms with Gasteiger partial charge in [-0.05, 0) is 38.7 Å². The van der Waals surface area contributed by atoms with Gasteiger partial charge in [0.15, 0.2) is 0 Å². The Kier molecular flexibility index (Phi) is 4.69. The van der Waals surface area contributed by atoms with E-state index < -0.39 is 0 Å². The van der Waals surface area contributed by atoms with Gasteiger partial charge in [-0.25, -0.2) is 4.98 Å². The Balaban J connectivity index is 1.89. The molecule has 1 aromatic heterocycles. The number of hydrogen-bond acceptors (Lipinski definition) is 3. The zero-order valence-electron chi connectivity index (χ0n) is 12.0. The van der Waals surface area contributed by atoms with Crippen LogP contribution < -0.4 is 10.1 Å². The first kappa shape index (κ1) is 14.6. The highest BCUT2D eigenvalue weighted by Crippen LogP contribution is 2.32. The molecule has 0 aromatic carbocycles. The molecule has 0 atom stereocenters. The molecule has 0 saturated heterocycles. The molecule has 0 aliphatic heterocycles.